The van der Waals surface area contributed by atoms with E-state index < -0.39 is 11.9 Å². The minimum absolute atomic E-state index is 0.137. The van der Waals surface area contributed by atoms with Gasteiger partial charge in [0.2, 0.25) is 5.91 Å². The summed E-state index contributed by atoms with van der Waals surface area (Å²) in [6.07, 6.45) is 3.08. The zero-order valence-corrected chi connectivity index (χ0v) is 11.4. The highest BCUT2D eigenvalue weighted by atomic mass is 16.6. The lowest BCUT2D eigenvalue weighted by molar-refractivity contribution is -0.134. The second-order valence-electron chi connectivity index (χ2n) is 3.93. The number of amides is 1. The van der Waals surface area contributed by atoms with Crippen molar-refractivity contribution < 1.29 is 23.9 Å². The van der Waals surface area contributed by atoms with Gasteiger partial charge in [-0.05, 0) is 23.8 Å². The molecule has 0 aliphatic rings. The Balaban J connectivity index is 3.00. The van der Waals surface area contributed by atoms with E-state index in [2.05, 4.69) is 5.32 Å². The van der Waals surface area contributed by atoms with Gasteiger partial charge in [0.25, 0.3) is 0 Å². The van der Waals surface area contributed by atoms with Gasteiger partial charge in [-0.25, -0.2) is 0 Å². The quantitative estimate of drug-likeness (QED) is 0.668. The molecule has 1 aromatic rings. The summed E-state index contributed by atoms with van der Waals surface area (Å²) in [5.74, 6) is -0.943. The van der Waals surface area contributed by atoms with Gasteiger partial charge >= 0.3 is 11.9 Å². The molecule has 1 rings (SSSR count). The summed E-state index contributed by atoms with van der Waals surface area (Å²) in [6, 6.07) is 4.69. The van der Waals surface area contributed by atoms with Crippen LogP contribution in [0.15, 0.2) is 24.4 Å². The highest BCUT2D eigenvalue weighted by Crippen LogP contribution is 2.29. The molecule has 1 aromatic carbocycles. The minimum Gasteiger partial charge on any atom is -0.423 e. The van der Waals surface area contributed by atoms with E-state index >= 15 is 0 Å². The Kier molecular flexibility index (Phi) is 5.46. The van der Waals surface area contributed by atoms with Crippen molar-refractivity contribution in [2.24, 2.45) is 0 Å². The van der Waals surface area contributed by atoms with Crippen LogP contribution < -0.4 is 14.8 Å². The first-order valence-electron chi connectivity index (χ1n) is 5.83. The van der Waals surface area contributed by atoms with Gasteiger partial charge in [0.1, 0.15) is 0 Å². The van der Waals surface area contributed by atoms with Crippen molar-refractivity contribution in [3.63, 3.8) is 0 Å². The normalized spacial score (nSPS) is 10.2. The van der Waals surface area contributed by atoms with Crippen LogP contribution in [-0.4, -0.2) is 17.8 Å². The fraction of sp³-hybridized carbons (Fsp3) is 0.214. The molecule has 106 valence electrons. The van der Waals surface area contributed by atoms with Crippen LogP contribution in [0.1, 0.15) is 26.3 Å². The van der Waals surface area contributed by atoms with Gasteiger partial charge in [0.05, 0.1) is 0 Å². The molecule has 0 bridgehead atoms. The maximum absolute atomic E-state index is 11.0. The highest BCUT2D eigenvalue weighted by molar-refractivity contribution is 5.76. The first-order chi connectivity index (χ1) is 9.38. The van der Waals surface area contributed by atoms with E-state index in [4.69, 9.17) is 9.47 Å². The van der Waals surface area contributed by atoms with E-state index in [1.54, 1.807) is 12.1 Å². The third-order valence-electron chi connectivity index (χ3n) is 2.04. The Morgan fingerprint density at radius 3 is 2.15 bits per heavy atom. The van der Waals surface area contributed by atoms with Crippen LogP contribution in [0.25, 0.3) is 6.08 Å². The van der Waals surface area contributed by atoms with E-state index in [0.29, 0.717) is 5.56 Å². The molecule has 0 saturated heterocycles. The molecule has 6 nitrogen and oxygen atoms in total. The Labute approximate surface area is 116 Å². The Morgan fingerprint density at radius 2 is 1.60 bits per heavy atom. The van der Waals surface area contributed by atoms with Crippen molar-refractivity contribution in [3.05, 3.63) is 30.0 Å². The van der Waals surface area contributed by atoms with E-state index in [1.807, 2.05) is 0 Å². The number of carbonyl (C=O) groups is 3. The monoisotopic (exact) mass is 277 g/mol. The molecule has 6 heteroatoms. The average Bonchev–Trinajstić information content (AvgIpc) is 2.30. The van der Waals surface area contributed by atoms with Crippen LogP contribution in [-0.2, 0) is 14.4 Å². The summed E-state index contributed by atoms with van der Waals surface area (Å²) in [5.41, 5.74) is 0.672. The number of ether oxygens (including phenoxy) is 2. The van der Waals surface area contributed by atoms with Crippen molar-refractivity contribution in [3.8, 4) is 11.5 Å². The first-order valence-corrected chi connectivity index (χ1v) is 5.83. The fourth-order valence-corrected chi connectivity index (χ4v) is 1.36. The van der Waals surface area contributed by atoms with Gasteiger partial charge in [-0.1, -0.05) is 6.07 Å². The maximum Gasteiger partial charge on any atom is 0.308 e. The molecule has 20 heavy (non-hydrogen) atoms. The van der Waals surface area contributed by atoms with E-state index in [0.717, 1.165) is 0 Å². The topological polar surface area (TPSA) is 81.7 Å². The highest BCUT2D eigenvalue weighted by Gasteiger charge is 2.10. The van der Waals surface area contributed by atoms with Gasteiger partial charge in [-0.15, -0.1) is 0 Å². The standard InChI is InChI=1S/C14H15NO5/c1-9(16)15-7-6-12-4-5-13(19-10(2)17)14(8-12)20-11(3)18/h4-8H,1-3H3,(H,15,16)/b7-6+. The Bertz CT molecular complexity index is 563. The van der Waals surface area contributed by atoms with Crippen LogP contribution in [0.4, 0.5) is 0 Å². The van der Waals surface area contributed by atoms with Crippen LogP contribution in [0.2, 0.25) is 0 Å². The molecule has 0 aromatic heterocycles. The summed E-state index contributed by atoms with van der Waals surface area (Å²) < 4.78 is 9.91. The van der Waals surface area contributed by atoms with Crippen molar-refractivity contribution in [2.75, 3.05) is 0 Å². The largest absolute Gasteiger partial charge is 0.423 e. The Morgan fingerprint density at radius 1 is 1.00 bits per heavy atom. The minimum atomic E-state index is -0.526. The first kappa shape index (κ1) is 15.4. The fourth-order valence-electron chi connectivity index (χ4n) is 1.36. The molecule has 0 spiro atoms. The second kappa shape index (κ2) is 7.08. The van der Waals surface area contributed by atoms with Crippen molar-refractivity contribution in [2.45, 2.75) is 20.8 Å². The Hall–Kier alpha value is -2.63. The molecule has 1 N–H and O–H groups in total. The molecule has 0 radical (unpaired) electrons. The van der Waals surface area contributed by atoms with Crippen molar-refractivity contribution >= 4 is 23.9 Å². The third-order valence-corrected chi connectivity index (χ3v) is 2.04. The van der Waals surface area contributed by atoms with E-state index in [-0.39, 0.29) is 17.4 Å². The molecule has 0 fully saturated rings. The summed E-state index contributed by atoms with van der Waals surface area (Å²) in [7, 11) is 0. The molecule has 0 unspecified atom stereocenters. The van der Waals surface area contributed by atoms with Gasteiger partial charge in [-0.2, -0.15) is 0 Å². The molecule has 0 aliphatic carbocycles. The summed E-state index contributed by atoms with van der Waals surface area (Å²) in [6.45, 7) is 3.89. The van der Waals surface area contributed by atoms with Crippen LogP contribution >= 0.6 is 0 Å². The van der Waals surface area contributed by atoms with E-state index in [9.17, 15) is 14.4 Å². The number of esters is 2. The number of benzene rings is 1. The summed E-state index contributed by atoms with van der Waals surface area (Å²) in [5, 5.41) is 2.49. The van der Waals surface area contributed by atoms with Crippen LogP contribution in [0.5, 0.6) is 11.5 Å². The zero-order valence-electron chi connectivity index (χ0n) is 11.4. The lowest BCUT2D eigenvalue weighted by Gasteiger charge is -2.09. The summed E-state index contributed by atoms with van der Waals surface area (Å²) in [4.78, 5) is 32.7. The van der Waals surface area contributed by atoms with Gasteiger partial charge in [0.15, 0.2) is 11.5 Å². The third kappa shape index (κ3) is 5.34. The SMILES string of the molecule is CC(=O)N/C=C/c1ccc(OC(C)=O)c(OC(C)=O)c1. The molecule has 0 saturated carbocycles. The second-order valence-corrected chi connectivity index (χ2v) is 3.93. The number of carbonyl (C=O) groups excluding carboxylic acids is 3. The molecule has 0 aliphatic heterocycles. The number of hydrogen-bond acceptors (Lipinski definition) is 5. The van der Waals surface area contributed by atoms with Gasteiger partial charge in [0, 0.05) is 27.0 Å². The van der Waals surface area contributed by atoms with Crippen LogP contribution in [0, 0.1) is 0 Å². The van der Waals surface area contributed by atoms with Crippen molar-refractivity contribution in [1.29, 1.82) is 0 Å². The van der Waals surface area contributed by atoms with Gasteiger partial charge < -0.3 is 14.8 Å². The molecule has 1 amide bonds. The van der Waals surface area contributed by atoms with E-state index in [1.165, 1.54) is 39.1 Å². The van der Waals surface area contributed by atoms with Crippen molar-refractivity contribution in [1.82, 2.24) is 5.32 Å². The molecular weight excluding hydrogens is 262 g/mol. The predicted octanol–water partition coefficient (Wildman–Crippen LogP) is 1.64. The lowest BCUT2D eigenvalue weighted by Crippen LogP contribution is -2.11. The average molecular weight is 277 g/mol. The van der Waals surface area contributed by atoms with Crippen LogP contribution in [0.3, 0.4) is 0 Å². The van der Waals surface area contributed by atoms with Gasteiger partial charge in [-0.3, -0.25) is 14.4 Å². The predicted molar refractivity (Wildman–Crippen MR) is 71.9 cm³/mol. The number of rotatable bonds is 4. The smallest absolute Gasteiger partial charge is 0.308 e. The maximum atomic E-state index is 11.0. The molecular formula is C14H15NO5. The molecule has 0 heterocycles. The lowest BCUT2D eigenvalue weighted by atomic mass is 10.2. The molecule has 0 atom stereocenters. The number of nitrogens with one attached hydrogen (secondary N) is 1. The summed E-state index contributed by atoms with van der Waals surface area (Å²) >= 11 is 0. The number of hydrogen-bond donors (Lipinski definition) is 1. The zero-order chi connectivity index (χ0) is 15.1.